The maximum Gasteiger partial charge on any atom is 0.248 e. The van der Waals surface area contributed by atoms with Crippen LogP contribution in [0, 0.1) is 0 Å². The molecule has 1 amide bonds. The summed E-state index contributed by atoms with van der Waals surface area (Å²) in [7, 11) is 0. The lowest BCUT2D eigenvalue weighted by Crippen LogP contribution is -2.18. The fourth-order valence-corrected chi connectivity index (χ4v) is 1.18. The summed E-state index contributed by atoms with van der Waals surface area (Å²) in [5.41, 5.74) is 12.4. The van der Waals surface area contributed by atoms with Gasteiger partial charge in [0.05, 0.1) is 0 Å². The summed E-state index contributed by atoms with van der Waals surface area (Å²) in [6.45, 7) is 1.95. The summed E-state index contributed by atoms with van der Waals surface area (Å²) in [6.07, 6.45) is 0.818. The maximum absolute atomic E-state index is 10.7. The zero-order valence-corrected chi connectivity index (χ0v) is 7.66. The van der Waals surface area contributed by atoms with E-state index in [-0.39, 0.29) is 6.04 Å². The average Bonchev–Trinajstić information content (AvgIpc) is 2.04. The summed E-state index contributed by atoms with van der Waals surface area (Å²) in [5.74, 6) is -0.396. The van der Waals surface area contributed by atoms with Gasteiger partial charge in [-0.05, 0) is 31.0 Å². The summed E-state index contributed by atoms with van der Waals surface area (Å²) >= 11 is 0. The van der Waals surface area contributed by atoms with Gasteiger partial charge in [0.15, 0.2) is 0 Å². The van der Waals surface area contributed by atoms with Gasteiger partial charge in [-0.25, -0.2) is 0 Å². The van der Waals surface area contributed by atoms with Gasteiger partial charge in [-0.3, -0.25) is 4.79 Å². The Bertz CT molecular complexity index is 290. The Kier molecular flexibility index (Phi) is 3.03. The Morgan fingerprint density at radius 2 is 1.92 bits per heavy atom. The fourth-order valence-electron chi connectivity index (χ4n) is 1.18. The number of rotatable bonds is 3. The van der Waals surface area contributed by atoms with Crippen LogP contribution in [0.4, 0.5) is 0 Å². The van der Waals surface area contributed by atoms with E-state index < -0.39 is 5.91 Å². The van der Waals surface area contributed by atoms with Gasteiger partial charge in [-0.1, -0.05) is 12.1 Å². The predicted octanol–water partition coefficient (Wildman–Crippen LogP) is 0.675. The molecule has 3 nitrogen and oxygen atoms in total. The standard InChI is InChI=1S/C10H14N2O/c1-7(11)6-8-2-4-9(5-3-8)10(12)13/h2-5,7H,6,11H2,1H3,(H2,12,13)/t7-/m0/s1. The van der Waals surface area contributed by atoms with Gasteiger partial charge in [0.25, 0.3) is 0 Å². The monoisotopic (exact) mass is 178 g/mol. The molecular weight excluding hydrogens is 164 g/mol. The smallest absolute Gasteiger partial charge is 0.248 e. The Balaban J connectivity index is 2.75. The largest absolute Gasteiger partial charge is 0.366 e. The lowest BCUT2D eigenvalue weighted by molar-refractivity contribution is 0.100. The molecule has 0 bridgehead atoms. The second kappa shape index (κ2) is 4.05. The number of amides is 1. The Labute approximate surface area is 77.7 Å². The van der Waals surface area contributed by atoms with E-state index in [1.165, 1.54) is 0 Å². The van der Waals surface area contributed by atoms with Crippen LogP contribution in [0.25, 0.3) is 0 Å². The molecule has 13 heavy (non-hydrogen) atoms. The number of hydrogen-bond donors (Lipinski definition) is 2. The molecule has 3 heteroatoms. The molecule has 70 valence electrons. The highest BCUT2D eigenvalue weighted by Crippen LogP contribution is 2.05. The maximum atomic E-state index is 10.7. The van der Waals surface area contributed by atoms with E-state index in [0.29, 0.717) is 5.56 Å². The fraction of sp³-hybridized carbons (Fsp3) is 0.300. The second-order valence-corrected chi connectivity index (χ2v) is 3.24. The molecular formula is C10H14N2O. The summed E-state index contributed by atoms with van der Waals surface area (Å²) in [5, 5.41) is 0. The molecule has 0 aliphatic heterocycles. The van der Waals surface area contributed by atoms with Crippen LogP contribution in [0.15, 0.2) is 24.3 Å². The Hall–Kier alpha value is -1.35. The number of nitrogens with two attached hydrogens (primary N) is 2. The van der Waals surface area contributed by atoms with E-state index >= 15 is 0 Å². The van der Waals surface area contributed by atoms with Crippen molar-refractivity contribution in [2.24, 2.45) is 11.5 Å². The van der Waals surface area contributed by atoms with E-state index in [4.69, 9.17) is 11.5 Å². The molecule has 0 aliphatic carbocycles. The third kappa shape index (κ3) is 2.87. The third-order valence-corrected chi connectivity index (χ3v) is 1.80. The first-order valence-corrected chi connectivity index (χ1v) is 4.24. The van der Waals surface area contributed by atoms with Crippen molar-refractivity contribution in [2.45, 2.75) is 19.4 Å². The molecule has 0 heterocycles. The Morgan fingerprint density at radius 3 is 2.31 bits per heavy atom. The van der Waals surface area contributed by atoms with E-state index in [0.717, 1.165) is 12.0 Å². The van der Waals surface area contributed by atoms with Crippen LogP contribution < -0.4 is 11.5 Å². The van der Waals surface area contributed by atoms with Gasteiger partial charge in [-0.2, -0.15) is 0 Å². The van der Waals surface area contributed by atoms with Crippen molar-refractivity contribution >= 4 is 5.91 Å². The minimum absolute atomic E-state index is 0.138. The van der Waals surface area contributed by atoms with Crippen LogP contribution in [0.3, 0.4) is 0 Å². The first-order chi connectivity index (χ1) is 6.09. The van der Waals surface area contributed by atoms with Crippen molar-refractivity contribution in [3.8, 4) is 0 Å². The molecule has 1 aromatic carbocycles. The SMILES string of the molecule is C[C@H](N)Cc1ccc(C(N)=O)cc1. The Morgan fingerprint density at radius 1 is 1.38 bits per heavy atom. The predicted molar refractivity (Wildman–Crippen MR) is 52.3 cm³/mol. The lowest BCUT2D eigenvalue weighted by Gasteiger charge is -2.04. The molecule has 0 saturated carbocycles. The molecule has 0 aliphatic rings. The van der Waals surface area contributed by atoms with Crippen LogP contribution in [0.2, 0.25) is 0 Å². The number of benzene rings is 1. The summed E-state index contributed by atoms with van der Waals surface area (Å²) < 4.78 is 0. The highest BCUT2D eigenvalue weighted by atomic mass is 16.1. The molecule has 4 N–H and O–H groups in total. The van der Waals surface area contributed by atoms with Crippen molar-refractivity contribution < 1.29 is 4.79 Å². The van der Waals surface area contributed by atoms with Crippen molar-refractivity contribution in [1.29, 1.82) is 0 Å². The number of hydrogen-bond acceptors (Lipinski definition) is 2. The van der Waals surface area contributed by atoms with Crippen LogP contribution in [0.5, 0.6) is 0 Å². The van der Waals surface area contributed by atoms with E-state index in [9.17, 15) is 4.79 Å². The summed E-state index contributed by atoms with van der Waals surface area (Å²) in [6, 6.07) is 7.34. The minimum atomic E-state index is -0.396. The molecule has 0 saturated heterocycles. The van der Waals surface area contributed by atoms with E-state index in [2.05, 4.69) is 0 Å². The van der Waals surface area contributed by atoms with Crippen LogP contribution in [-0.2, 0) is 6.42 Å². The highest BCUT2D eigenvalue weighted by Gasteiger charge is 2.00. The van der Waals surface area contributed by atoms with Crippen molar-refractivity contribution in [3.63, 3.8) is 0 Å². The molecule has 0 aromatic heterocycles. The molecule has 0 spiro atoms. The lowest BCUT2D eigenvalue weighted by atomic mass is 10.1. The van der Waals surface area contributed by atoms with Gasteiger partial charge in [-0.15, -0.1) is 0 Å². The third-order valence-electron chi connectivity index (χ3n) is 1.80. The van der Waals surface area contributed by atoms with Crippen LogP contribution >= 0.6 is 0 Å². The molecule has 1 aromatic rings. The molecule has 1 atom stereocenters. The van der Waals surface area contributed by atoms with Gasteiger partial charge in [0.1, 0.15) is 0 Å². The van der Waals surface area contributed by atoms with Crippen molar-refractivity contribution in [1.82, 2.24) is 0 Å². The van der Waals surface area contributed by atoms with Crippen molar-refractivity contribution in [2.75, 3.05) is 0 Å². The quantitative estimate of drug-likeness (QED) is 0.714. The minimum Gasteiger partial charge on any atom is -0.366 e. The van der Waals surface area contributed by atoms with Gasteiger partial charge < -0.3 is 11.5 Å². The molecule has 0 unspecified atom stereocenters. The zero-order chi connectivity index (χ0) is 9.84. The average molecular weight is 178 g/mol. The van der Waals surface area contributed by atoms with Crippen LogP contribution in [0.1, 0.15) is 22.8 Å². The number of carbonyl (C=O) groups excluding carboxylic acids is 1. The second-order valence-electron chi connectivity index (χ2n) is 3.24. The van der Waals surface area contributed by atoms with Gasteiger partial charge in [0, 0.05) is 11.6 Å². The normalized spacial score (nSPS) is 12.5. The van der Waals surface area contributed by atoms with E-state index in [1.54, 1.807) is 12.1 Å². The number of primary amides is 1. The molecule has 0 radical (unpaired) electrons. The summed E-state index contributed by atoms with van der Waals surface area (Å²) in [4.78, 5) is 10.7. The molecule has 0 fully saturated rings. The molecule has 1 rings (SSSR count). The van der Waals surface area contributed by atoms with Gasteiger partial charge in [0.2, 0.25) is 5.91 Å². The van der Waals surface area contributed by atoms with Crippen molar-refractivity contribution in [3.05, 3.63) is 35.4 Å². The number of carbonyl (C=O) groups is 1. The topological polar surface area (TPSA) is 69.1 Å². The first-order valence-electron chi connectivity index (χ1n) is 4.24. The van der Waals surface area contributed by atoms with E-state index in [1.807, 2.05) is 19.1 Å². The zero-order valence-electron chi connectivity index (χ0n) is 7.66. The van der Waals surface area contributed by atoms with Gasteiger partial charge >= 0.3 is 0 Å². The first kappa shape index (κ1) is 9.74. The highest BCUT2D eigenvalue weighted by molar-refractivity contribution is 5.92. The van der Waals surface area contributed by atoms with Crippen LogP contribution in [-0.4, -0.2) is 11.9 Å².